The fourth-order valence-corrected chi connectivity index (χ4v) is 4.04. The van der Waals surface area contributed by atoms with Crippen molar-refractivity contribution >= 4 is 40.3 Å². The number of carbonyl (C=O) groups is 1. The van der Waals surface area contributed by atoms with E-state index in [9.17, 15) is 14.9 Å². The summed E-state index contributed by atoms with van der Waals surface area (Å²) in [4.78, 5) is 29.9. The van der Waals surface area contributed by atoms with Gasteiger partial charge in [0.25, 0.3) is 11.6 Å². The molecule has 0 unspecified atom stereocenters. The van der Waals surface area contributed by atoms with Gasteiger partial charge in [0, 0.05) is 30.8 Å². The second-order valence-electron chi connectivity index (χ2n) is 7.16. The van der Waals surface area contributed by atoms with Crippen molar-refractivity contribution in [2.45, 2.75) is 13.8 Å². The van der Waals surface area contributed by atoms with Gasteiger partial charge in [-0.2, -0.15) is 0 Å². The zero-order chi connectivity index (χ0) is 22.1. The quantitative estimate of drug-likeness (QED) is 0.299. The zero-order valence-corrected chi connectivity index (χ0v) is 18.0. The van der Waals surface area contributed by atoms with Crippen LogP contribution in [-0.2, 0) is 4.79 Å². The standard InChI is InChI=1S/C23H19N3O4S/c1-14-4-7-16(8-5-14)24-23-25(3)22(27)21(31-23)13-18-10-11-20(30-18)19-12-17(26(28)29)9-6-15(19)2/h4-13H,1-3H3/b21-13+,24-23?. The predicted molar refractivity (Wildman–Crippen MR) is 122 cm³/mol. The second kappa shape index (κ2) is 8.23. The molecule has 0 saturated carbocycles. The minimum atomic E-state index is -0.437. The van der Waals surface area contributed by atoms with E-state index >= 15 is 0 Å². The average Bonchev–Trinajstić information content (AvgIpc) is 3.30. The summed E-state index contributed by atoms with van der Waals surface area (Å²) in [7, 11) is 1.68. The molecule has 4 rings (SSSR count). The van der Waals surface area contributed by atoms with Crippen molar-refractivity contribution in [1.29, 1.82) is 0 Å². The van der Waals surface area contributed by atoms with E-state index in [1.807, 2.05) is 38.1 Å². The number of aryl methyl sites for hydroxylation is 2. The van der Waals surface area contributed by atoms with E-state index in [0.717, 1.165) is 16.8 Å². The van der Waals surface area contributed by atoms with Gasteiger partial charge in [-0.1, -0.05) is 23.8 Å². The van der Waals surface area contributed by atoms with Gasteiger partial charge in [0.05, 0.1) is 15.5 Å². The topological polar surface area (TPSA) is 89.0 Å². The van der Waals surface area contributed by atoms with Crippen molar-refractivity contribution in [3.8, 4) is 11.3 Å². The first-order valence-corrected chi connectivity index (χ1v) is 10.3. The average molecular weight is 433 g/mol. The van der Waals surface area contributed by atoms with Crippen LogP contribution in [-0.4, -0.2) is 27.9 Å². The van der Waals surface area contributed by atoms with E-state index in [1.165, 1.54) is 28.8 Å². The molecule has 1 aliphatic rings. The lowest BCUT2D eigenvalue weighted by Gasteiger charge is -2.07. The van der Waals surface area contributed by atoms with E-state index in [-0.39, 0.29) is 11.6 Å². The van der Waals surface area contributed by atoms with Crippen LogP contribution < -0.4 is 0 Å². The molecule has 1 amide bonds. The number of amides is 1. The molecule has 1 saturated heterocycles. The SMILES string of the molecule is Cc1ccc(N=C2S/C(=C/c3ccc(-c4cc([N+](=O)[O-])ccc4C)o3)C(=O)N2C)cc1. The number of hydrogen-bond acceptors (Lipinski definition) is 6. The highest BCUT2D eigenvalue weighted by atomic mass is 32.2. The Bertz CT molecular complexity index is 1240. The number of amidine groups is 1. The van der Waals surface area contributed by atoms with E-state index in [4.69, 9.17) is 4.42 Å². The lowest BCUT2D eigenvalue weighted by atomic mass is 10.1. The maximum atomic E-state index is 12.7. The molecule has 0 bridgehead atoms. The number of non-ortho nitro benzene ring substituents is 1. The summed E-state index contributed by atoms with van der Waals surface area (Å²) in [5.41, 5.74) is 3.41. The number of furan rings is 1. The third-order valence-electron chi connectivity index (χ3n) is 4.86. The highest BCUT2D eigenvalue weighted by molar-refractivity contribution is 8.18. The molecular weight excluding hydrogens is 414 g/mol. The Morgan fingerprint density at radius 3 is 2.55 bits per heavy atom. The minimum Gasteiger partial charge on any atom is -0.457 e. The van der Waals surface area contributed by atoms with Crippen molar-refractivity contribution in [2.75, 3.05) is 7.05 Å². The van der Waals surface area contributed by atoms with Gasteiger partial charge in [-0.3, -0.25) is 19.8 Å². The van der Waals surface area contributed by atoms with Crippen LogP contribution in [0.1, 0.15) is 16.9 Å². The number of hydrogen-bond donors (Lipinski definition) is 0. The molecular formula is C23H19N3O4S. The first kappa shape index (κ1) is 20.6. The van der Waals surface area contributed by atoms with Gasteiger partial charge < -0.3 is 4.42 Å². The number of rotatable bonds is 4. The third-order valence-corrected chi connectivity index (χ3v) is 5.92. The third kappa shape index (κ3) is 4.29. The second-order valence-corrected chi connectivity index (χ2v) is 8.17. The largest absolute Gasteiger partial charge is 0.457 e. The first-order chi connectivity index (χ1) is 14.8. The number of nitro benzene ring substituents is 1. The van der Waals surface area contributed by atoms with Crippen molar-refractivity contribution in [3.05, 3.63) is 86.5 Å². The van der Waals surface area contributed by atoms with Crippen LogP contribution in [0, 0.1) is 24.0 Å². The molecule has 31 heavy (non-hydrogen) atoms. The van der Waals surface area contributed by atoms with Crippen LogP contribution in [0.4, 0.5) is 11.4 Å². The first-order valence-electron chi connectivity index (χ1n) is 9.50. The molecule has 0 N–H and O–H groups in total. The number of nitro groups is 1. The molecule has 1 fully saturated rings. The molecule has 1 aliphatic heterocycles. The molecule has 1 aromatic heterocycles. The Hall–Kier alpha value is -3.65. The van der Waals surface area contributed by atoms with Crippen LogP contribution in [0.15, 0.2) is 68.9 Å². The smallest absolute Gasteiger partial charge is 0.270 e. The summed E-state index contributed by atoms with van der Waals surface area (Å²) >= 11 is 1.27. The Balaban J connectivity index is 1.61. The monoisotopic (exact) mass is 433 g/mol. The minimum absolute atomic E-state index is 0.00276. The van der Waals surface area contributed by atoms with Crippen LogP contribution in [0.5, 0.6) is 0 Å². The highest BCUT2D eigenvalue weighted by Crippen LogP contribution is 2.35. The van der Waals surface area contributed by atoms with Crippen molar-refractivity contribution in [2.24, 2.45) is 4.99 Å². The Labute approximate surface area is 183 Å². The molecule has 8 heteroatoms. The molecule has 156 valence electrons. The van der Waals surface area contributed by atoms with Gasteiger partial charge in [0.2, 0.25) is 0 Å². The van der Waals surface area contributed by atoms with Crippen LogP contribution in [0.3, 0.4) is 0 Å². The molecule has 0 aliphatic carbocycles. The molecule has 2 aromatic carbocycles. The summed E-state index contributed by atoms with van der Waals surface area (Å²) in [6, 6.07) is 15.9. The van der Waals surface area contributed by atoms with Crippen molar-refractivity contribution < 1.29 is 14.1 Å². The fraction of sp³-hybridized carbons (Fsp3) is 0.130. The molecule has 0 spiro atoms. The molecule has 7 nitrogen and oxygen atoms in total. The molecule has 2 heterocycles. The van der Waals surface area contributed by atoms with E-state index in [2.05, 4.69) is 4.99 Å². The van der Waals surface area contributed by atoms with E-state index in [0.29, 0.717) is 27.2 Å². The number of likely N-dealkylation sites (N-methyl/N-ethyl adjacent to an activating group) is 1. The summed E-state index contributed by atoms with van der Waals surface area (Å²) in [5, 5.41) is 11.7. The van der Waals surface area contributed by atoms with E-state index in [1.54, 1.807) is 31.3 Å². The molecule has 3 aromatic rings. The maximum absolute atomic E-state index is 12.7. The van der Waals surface area contributed by atoms with Gasteiger partial charge in [-0.15, -0.1) is 0 Å². The van der Waals surface area contributed by atoms with Gasteiger partial charge >= 0.3 is 0 Å². The number of benzene rings is 2. The number of nitrogens with zero attached hydrogens (tertiary/aromatic N) is 3. The Kier molecular flexibility index (Phi) is 5.48. The van der Waals surface area contributed by atoms with Crippen LogP contribution in [0.25, 0.3) is 17.4 Å². The van der Waals surface area contributed by atoms with Crippen LogP contribution in [0.2, 0.25) is 0 Å². The lowest BCUT2D eigenvalue weighted by Crippen LogP contribution is -2.23. The van der Waals surface area contributed by atoms with Gasteiger partial charge in [-0.05, 0) is 55.4 Å². The summed E-state index contributed by atoms with van der Waals surface area (Å²) in [6.07, 6.45) is 1.66. The fourth-order valence-electron chi connectivity index (χ4n) is 3.07. The lowest BCUT2D eigenvalue weighted by molar-refractivity contribution is -0.384. The normalized spacial score (nSPS) is 16.5. The van der Waals surface area contributed by atoms with E-state index < -0.39 is 4.92 Å². The van der Waals surface area contributed by atoms with Crippen molar-refractivity contribution in [1.82, 2.24) is 4.90 Å². The molecule has 0 atom stereocenters. The predicted octanol–water partition coefficient (Wildman–Crippen LogP) is 5.71. The Morgan fingerprint density at radius 1 is 1.10 bits per heavy atom. The molecule has 0 radical (unpaired) electrons. The number of carbonyl (C=O) groups excluding carboxylic acids is 1. The van der Waals surface area contributed by atoms with Crippen LogP contribution >= 0.6 is 11.8 Å². The van der Waals surface area contributed by atoms with Crippen molar-refractivity contribution in [3.63, 3.8) is 0 Å². The highest BCUT2D eigenvalue weighted by Gasteiger charge is 2.30. The van der Waals surface area contributed by atoms with Gasteiger partial charge in [0.15, 0.2) is 5.17 Å². The summed E-state index contributed by atoms with van der Waals surface area (Å²) in [5.74, 6) is 0.826. The zero-order valence-electron chi connectivity index (χ0n) is 17.2. The number of thioether (sulfide) groups is 1. The van der Waals surface area contributed by atoms with Gasteiger partial charge in [0.1, 0.15) is 11.5 Å². The maximum Gasteiger partial charge on any atom is 0.270 e. The Morgan fingerprint density at radius 2 is 1.84 bits per heavy atom. The summed E-state index contributed by atoms with van der Waals surface area (Å²) in [6.45, 7) is 3.86. The van der Waals surface area contributed by atoms with Gasteiger partial charge in [-0.25, -0.2) is 4.99 Å². The summed E-state index contributed by atoms with van der Waals surface area (Å²) < 4.78 is 5.87. The number of aliphatic imine (C=N–C) groups is 1.